The zero-order valence-corrected chi connectivity index (χ0v) is 3.56. The van der Waals surface area contributed by atoms with E-state index in [0.29, 0.717) is 0 Å². The summed E-state index contributed by atoms with van der Waals surface area (Å²) < 4.78 is 4.53. The largest absolute Gasteiger partial charge is 0.381 e. The van der Waals surface area contributed by atoms with Crippen LogP contribution in [0.2, 0.25) is 0 Å². The van der Waals surface area contributed by atoms with Gasteiger partial charge >= 0.3 is 0 Å². The monoisotopic (exact) mass is 72.1 g/mol. The molecule has 1 unspecified atom stereocenters. The van der Waals surface area contributed by atoms with Crippen LogP contribution < -0.4 is 0 Å². The van der Waals surface area contributed by atoms with Crippen LogP contribution >= 0.6 is 0 Å². The van der Waals surface area contributed by atoms with Crippen molar-refractivity contribution in [3.8, 4) is 0 Å². The van der Waals surface area contributed by atoms with Crippen LogP contribution in [-0.4, -0.2) is 13.2 Å². The van der Waals surface area contributed by atoms with E-state index < -0.39 is 0 Å². The standard InChI is InChI=1S/C4H8O/c1-4(2)5-3/h1,4H,2-3H3. The summed E-state index contributed by atoms with van der Waals surface area (Å²) in [5.74, 6) is 0. The van der Waals surface area contributed by atoms with Crippen molar-refractivity contribution in [3.05, 3.63) is 6.92 Å². The van der Waals surface area contributed by atoms with Crippen LogP contribution in [0.4, 0.5) is 0 Å². The molecular formula is C4H8O. The topological polar surface area (TPSA) is 9.23 Å². The van der Waals surface area contributed by atoms with Gasteiger partial charge in [-0.2, -0.15) is 0 Å². The zero-order chi connectivity index (χ0) is 4.28. The highest BCUT2D eigenvalue weighted by Crippen LogP contribution is 1.76. The molecule has 0 aliphatic heterocycles. The molecule has 0 amide bonds. The van der Waals surface area contributed by atoms with Crippen molar-refractivity contribution in [3.63, 3.8) is 0 Å². The van der Waals surface area contributed by atoms with Gasteiger partial charge in [0.1, 0.15) is 0 Å². The van der Waals surface area contributed by atoms with Crippen LogP contribution in [-0.2, 0) is 4.74 Å². The van der Waals surface area contributed by atoms with Crippen molar-refractivity contribution in [1.82, 2.24) is 0 Å². The van der Waals surface area contributed by atoms with Crippen molar-refractivity contribution >= 4 is 0 Å². The molecule has 0 bridgehead atoms. The predicted molar refractivity (Wildman–Crippen MR) is 20.8 cm³/mol. The lowest BCUT2D eigenvalue weighted by Gasteiger charge is -1.94. The Balaban J connectivity index is 2.54. The van der Waals surface area contributed by atoms with Gasteiger partial charge in [-0.1, -0.05) is 0 Å². The van der Waals surface area contributed by atoms with Crippen molar-refractivity contribution in [2.75, 3.05) is 7.11 Å². The Morgan fingerprint density at radius 3 is 2.00 bits per heavy atom. The fraction of sp³-hybridized carbons (Fsp3) is 0.750. The Kier molecular flexibility index (Phi) is 2.19. The van der Waals surface area contributed by atoms with Gasteiger partial charge in [-0.15, -0.1) is 0 Å². The maximum absolute atomic E-state index is 5.07. The number of hydrogen-bond acceptors (Lipinski definition) is 1. The maximum Gasteiger partial charge on any atom is 0.0578 e. The first-order chi connectivity index (χ1) is 2.27. The van der Waals surface area contributed by atoms with E-state index in [2.05, 4.69) is 4.74 Å². The van der Waals surface area contributed by atoms with E-state index in [0.717, 1.165) is 0 Å². The zero-order valence-electron chi connectivity index (χ0n) is 3.56. The Hall–Kier alpha value is -0.0400. The van der Waals surface area contributed by atoms with E-state index >= 15 is 0 Å². The summed E-state index contributed by atoms with van der Waals surface area (Å²) in [6, 6.07) is 0. The van der Waals surface area contributed by atoms with Crippen LogP contribution in [0.3, 0.4) is 0 Å². The van der Waals surface area contributed by atoms with E-state index in [-0.39, 0.29) is 6.10 Å². The molecule has 0 heterocycles. The molecule has 30 valence electrons. The molecule has 1 heteroatoms. The second-order valence-electron chi connectivity index (χ2n) is 0.941. The molecule has 0 fully saturated rings. The third-order valence-corrected chi connectivity index (χ3v) is 0.372. The van der Waals surface area contributed by atoms with Gasteiger partial charge in [0.2, 0.25) is 0 Å². The third-order valence-electron chi connectivity index (χ3n) is 0.372. The molecule has 2 radical (unpaired) electrons. The first kappa shape index (κ1) is 4.96. The van der Waals surface area contributed by atoms with Crippen molar-refractivity contribution in [2.45, 2.75) is 13.0 Å². The van der Waals surface area contributed by atoms with Gasteiger partial charge < -0.3 is 4.74 Å². The third kappa shape index (κ3) is 3.96. The van der Waals surface area contributed by atoms with Gasteiger partial charge in [-0.25, -0.2) is 0 Å². The highest BCUT2D eigenvalue weighted by atomic mass is 16.5. The average molecular weight is 72.1 g/mol. The van der Waals surface area contributed by atoms with Crippen LogP contribution in [0.1, 0.15) is 6.92 Å². The first-order valence-corrected chi connectivity index (χ1v) is 1.55. The van der Waals surface area contributed by atoms with Crippen molar-refractivity contribution in [1.29, 1.82) is 0 Å². The van der Waals surface area contributed by atoms with Crippen molar-refractivity contribution in [2.24, 2.45) is 0 Å². The highest BCUT2D eigenvalue weighted by molar-refractivity contribution is 4.44. The van der Waals surface area contributed by atoms with E-state index in [9.17, 15) is 0 Å². The lowest BCUT2D eigenvalue weighted by molar-refractivity contribution is 0.154. The lowest BCUT2D eigenvalue weighted by atomic mass is 10.5. The van der Waals surface area contributed by atoms with E-state index in [1.165, 1.54) is 0 Å². The Morgan fingerprint density at radius 2 is 2.00 bits per heavy atom. The summed E-state index contributed by atoms with van der Waals surface area (Å²) in [6.07, 6.45) is -0.116. The molecule has 0 spiro atoms. The van der Waals surface area contributed by atoms with Crippen LogP contribution in [0.25, 0.3) is 0 Å². The van der Waals surface area contributed by atoms with E-state index in [1.807, 2.05) is 0 Å². The van der Waals surface area contributed by atoms with E-state index in [1.54, 1.807) is 14.0 Å². The predicted octanol–water partition coefficient (Wildman–Crippen LogP) is 0.732. The molecule has 0 aliphatic carbocycles. The number of rotatable bonds is 1. The summed E-state index contributed by atoms with van der Waals surface area (Å²) in [6.45, 7) is 6.85. The summed E-state index contributed by atoms with van der Waals surface area (Å²) >= 11 is 0. The van der Waals surface area contributed by atoms with Gasteiger partial charge in [0, 0.05) is 7.11 Å². The molecule has 5 heavy (non-hydrogen) atoms. The summed E-state index contributed by atoms with van der Waals surface area (Å²) in [4.78, 5) is 0. The molecule has 0 saturated heterocycles. The van der Waals surface area contributed by atoms with Gasteiger partial charge in [-0.05, 0) is 13.8 Å². The van der Waals surface area contributed by atoms with E-state index in [4.69, 9.17) is 6.92 Å². The van der Waals surface area contributed by atoms with Gasteiger partial charge in [0.15, 0.2) is 0 Å². The van der Waals surface area contributed by atoms with Crippen LogP contribution in [0.15, 0.2) is 0 Å². The van der Waals surface area contributed by atoms with Crippen molar-refractivity contribution < 1.29 is 4.74 Å². The second kappa shape index (κ2) is 2.21. The lowest BCUT2D eigenvalue weighted by Crippen LogP contribution is -1.94. The smallest absolute Gasteiger partial charge is 0.0578 e. The Labute approximate surface area is 32.9 Å². The number of ether oxygens (including phenoxy) is 1. The highest BCUT2D eigenvalue weighted by Gasteiger charge is 1.79. The number of methoxy groups -OCH3 is 1. The van der Waals surface area contributed by atoms with Gasteiger partial charge in [-0.3, -0.25) is 0 Å². The molecule has 0 rings (SSSR count). The quantitative estimate of drug-likeness (QED) is 0.443. The Morgan fingerprint density at radius 1 is 1.80 bits per heavy atom. The molecule has 1 nitrogen and oxygen atoms in total. The summed E-state index contributed by atoms with van der Waals surface area (Å²) in [5, 5.41) is 0. The van der Waals surface area contributed by atoms with Gasteiger partial charge in [0.25, 0.3) is 0 Å². The molecule has 0 aromatic rings. The maximum atomic E-state index is 5.07. The molecular weight excluding hydrogens is 64.0 g/mol. The van der Waals surface area contributed by atoms with Crippen LogP contribution in [0.5, 0.6) is 0 Å². The molecule has 0 saturated carbocycles. The average Bonchev–Trinajstić information content (AvgIpc) is 1.38. The molecule has 0 aromatic heterocycles. The molecule has 0 aromatic carbocycles. The first-order valence-electron chi connectivity index (χ1n) is 1.55. The fourth-order valence-electron chi connectivity index (χ4n) is 0. The molecule has 0 N–H and O–H groups in total. The summed E-state index contributed by atoms with van der Waals surface area (Å²) in [7, 11) is 1.57. The molecule has 0 aliphatic rings. The van der Waals surface area contributed by atoms with Crippen LogP contribution in [0, 0.1) is 6.92 Å². The fourth-order valence-corrected chi connectivity index (χ4v) is 0. The number of hydrogen-bond donors (Lipinski definition) is 0. The summed E-state index contributed by atoms with van der Waals surface area (Å²) in [5.41, 5.74) is 0. The minimum atomic E-state index is -0.116. The Bertz CT molecular complexity index is 17.6. The molecule has 1 atom stereocenters. The SMILES string of the molecule is [CH]C(C)OC. The normalized spacial score (nSPS) is 9.60. The second-order valence-corrected chi connectivity index (χ2v) is 0.941. The minimum absolute atomic E-state index is 0.116. The van der Waals surface area contributed by atoms with Gasteiger partial charge in [0.05, 0.1) is 6.10 Å². The minimum Gasteiger partial charge on any atom is -0.381 e.